The fourth-order valence-corrected chi connectivity index (χ4v) is 2.72. The van der Waals surface area contributed by atoms with E-state index in [0.29, 0.717) is 24.7 Å². The second-order valence-corrected chi connectivity index (χ2v) is 6.82. The Morgan fingerprint density at radius 2 is 1.58 bits per heavy atom. The molecule has 0 aliphatic heterocycles. The van der Waals surface area contributed by atoms with E-state index in [-0.39, 0.29) is 5.97 Å². The van der Waals surface area contributed by atoms with Crippen LogP contribution < -0.4 is 0 Å². The van der Waals surface area contributed by atoms with Crippen molar-refractivity contribution in [2.24, 2.45) is 5.92 Å². The van der Waals surface area contributed by atoms with Crippen LogP contribution in [0.25, 0.3) is 0 Å². The lowest BCUT2D eigenvalue weighted by Gasteiger charge is -2.10. The van der Waals surface area contributed by atoms with Crippen LogP contribution in [0.3, 0.4) is 0 Å². The first-order valence-corrected chi connectivity index (χ1v) is 9.44. The summed E-state index contributed by atoms with van der Waals surface area (Å²) in [6, 6.07) is 6.14. The minimum Gasteiger partial charge on any atom is -0.460 e. The zero-order chi connectivity index (χ0) is 17.8. The highest BCUT2D eigenvalue weighted by molar-refractivity contribution is 5.89. The van der Waals surface area contributed by atoms with Crippen LogP contribution >= 0.6 is 0 Å². The predicted molar refractivity (Wildman–Crippen MR) is 99.6 cm³/mol. The maximum absolute atomic E-state index is 12.3. The van der Waals surface area contributed by atoms with Gasteiger partial charge in [0.15, 0.2) is 0 Å². The average molecular weight is 335 g/mol. The van der Waals surface area contributed by atoms with E-state index in [1.165, 1.54) is 17.5 Å². The van der Waals surface area contributed by atoms with E-state index in [2.05, 4.69) is 33.8 Å². The van der Waals surface area contributed by atoms with Crippen molar-refractivity contribution in [2.45, 2.75) is 66.2 Å². The van der Waals surface area contributed by atoms with E-state index < -0.39 is 0 Å². The van der Waals surface area contributed by atoms with Gasteiger partial charge in [0, 0.05) is 6.61 Å². The summed E-state index contributed by atoms with van der Waals surface area (Å²) in [6.45, 7) is 10.3. The maximum Gasteiger partial charge on any atom is 0.338 e. The van der Waals surface area contributed by atoms with Gasteiger partial charge in [-0.1, -0.05) is 46.6 Å². The lowest BCUT2D eigenvalue weighted by Crippen LogP contribution is -2.12. The van der Waals surface area contributed by atoms with Gasteiger partial charge in [-0.25, -0.2) is 4.79 Å². The summed E-state index contributed by atoms with van der Waals surface area (Å²) in [5, 5.41) is 0. The van der Waals surface area contributed by atoms with Crippen LogP contribution in [-0.4, -0.2) is 25.8 Å². The highest BCUT2D eigenvalue weighted by Crippen LogP contribution is 2.15. The van der Waals surface area contributed by atoms with Crippen molar-refractivity contribution in [3.8, 4) is 0 Å². The summed E-state index contributed by atoms with van der Waals surface area (Å²) in [5.41, 5.74) is 3.12. The molecule has 0 heterocycles. The molecule has 0 fully saturated rings. The van der Waals surface area contributed by atoms with Crippen LogP contribution in [0.4, 0.5) is 0 Å². The number of aryl methyl sites for hydroxylation is 2. The third-order valence-electron chi connectivity index (χ3n) is 3.90. The predicted octanol–water partition coefficient (Wildman–Crippen LogP) is 5.20. The summed E-state index contributed by atoms with van der Waals surface area (Å²) in [4.78, 5) is 12.3. The van der Waals surface area contributed by atoms with Gasteiger partial charge in [-0.05, 0) is 54.9 Å². The molecule has 0 aliphatic carbocycles. The molecule has 0 saturated carbocycles. The van der Waals surface area contributed by atoms with Crippen molar-refractivity contribution in [3.05, 3.63) is 34.9 Å². The minimum absolute atomic E-state index is 0.240. The molecule has 0 radical (unpaired) electrons. The number of rotatable bonds is 12. The minimum atomic E-state index is -0.240. The lowest BCUT2D eigenvalue weighted by molar-refractivity contribution is 0.0310. The number of ether oxygens (including phenoxy) is 2. The molecule has 1 rings (SSSR count). The Hall–Kier alpha value is -1.35. The molecule has 1 aromatic rings. The van der Waals surface area contributed by atoms with E-state index >= 15 is 0 Å². The molecule has 0 bridgehead atoms. The van der Waals surface area contributed by atoms with Crippen molar-refractivity contribution >= 4 is 5.97 Å². The first-order valence-electron chi connectivity index (χ1n) is 9.44. The molecule has 0 unspecified atom stereocenters. The number of esters is 1. The quantitative estimate of drug-likeness (QED) is 0.389. The summed E-state index contributed by atoms with van der Waals surface area (Å²) >= 11 is 0. The van der Waals surface area contributed by atoms with Gasteiger partial charge >= 0.3 is 5.97 Å². The first-order chi connectivity index (χ1) is 11.6. The van der Waals surface area contributed by atoms with Crippen LogP contribution in [0.15, 0.2) is 18.2 Å². The standard InChI is InChI=1S/C21H34O3/c1-5-8-18-14-19(9-6-2)16-20(15-18)21(22)24-13-12-23-11-7-10-17(3)4/h14-17H,5-13H2,1-4H3. The molecule has 0 saturated heterocycles. The molecular formula is C21H34O3. The van der Waals surface area contributed by atoms with Gasteiger partial charge in [0.2, 0.25) is 0 Å². The maximum atomic E-state index is 12.3. The Morgan fingerprint density at radius 3 is 2.12 bits per heavy atom. The lowest BCUT2D eigenvalue weighted by atomic mass is 10.00. The van der Waals surface area contributed by atoms with Gasteiger partial charge in [0.25, 0.3) is 0 Å². The smallest absolute Gasteiger partial charge is 0.338 e. The second-order valence-electron chi connectivity index (χ2n) is 6.82. The molecular weight excluding hydrogens is 300 g/mol. The van der Waals surface area contributed by atoms with Gasteiger partial charge in [-0.3, -0.25) is 0 Å². The van der Waals surface area contributed by atoms with Gasteiger partial charge in [0.1, 0.15) is 6.61 Å². The fraction of sp³-hybridized carbons (Fsp3) is 0.667. The molecule has 136 valence electrons. The highest BCUT2D eigenvalue weighted by Gasteiger charge is 2.10. The van der Waals surface area contributed by atoms with Crippen LogP contribution in [0.5, 0.6) is 0 Å². The van der Waals surface area contributed by atoms with Crippen LogP contribution in [-0.2, 0) is 22.3 Å². The van der Waals surface area contributed by atoms with E-state index in [1.807, 2.05) is 12.1 Å². The summed E-state index contributed by atoms with van der Waals surface area (Å²) < 4.78 is 10.9. The summed E-state index contributed by atoms with van der Waals surface area (Å²) in [7, 11) is 0. The monoisotopic (exact) mass is 334 g/mol. The number of carbonyl (C=O) groups is 1. The van der Waals surface area contributed by atoms with Crippen LogP contribution in [0, 0.1) is 5.92 Å². The molecule has 0 aliphatic rings. The summed E-state index contributed by atoms with van der Waals surface area (Å²) in [5.74, 6) is 0.468. The number of hydrogen-bond donors (Lipinski definition) is 0. The van der Waals surface area contributed by atoms with Gasteiger partial charge < -0.3 is 9.47 Å². The fourth-order valence-electron chi connectivity index (χ4n) is 2.72. The van der Waals surface area contributed by atoms with E-state index in [4.69, 9.17) is 9.47 Å². The Kier molecular flexibility index (Phi) is 10.4. The largest absolute Gasteiger partial charge is 0.460 e. The van der Waals surface area contributed by atoms with Crippen molar-refractivity contribution in [1.82, 2.24) is 0 Å². The van der Waals surface area contributed by atoms with E-state index in [9.17, 15) is 4.79 Å². The van der Waals surface area contributed by atoms with Crippen LogP contribution in [0.2, 0.25) is 0 Å². The Bertz CT molecular complexity index is 456. The van der Waals surface area contributed by atoms with Gasteiger partial charge in [-0.15, -0.1) is 0 Å². The number of benzene rings is 1. The molecule has 24 heavy (non-hydrogen) atoms. The topological polar surface area (TPSA) is 35.5 Å². The van der Waals surface area contributed by atoms with Crippen LogP contribution in [0.1, 0.15) is 74.9 Å². The molecule has 3 nitrogen and oxygen atoms in total. The third kappa shape index (κ3) is 8.49. The second kappa shape index (κ2) is 12.1. The van der Waals surface area contributed by atoms with Crippen molar-refractivity contribution in [3.63, 3.8) is 0 Å². The highest BCUT2D eigenvalue weighted by atomic mass is 16.6. The Morgan fingerprint density at radius 1 is 0.958 bits per heavy atom. The molecule has 3 heteroatoms. The summed E-state index contributed by atoms with van der Waals surface area (Å²) in [6.07, 6.45) is 6.38. The Balaban J connectivity index is 2.43. The average Bonchev–Trinajstić information content (AvgIpc) is 2.54. The van der Waals surface area contributed by atoms with Gasteiger partial charge in [-0.2, -0.15) is 0 Å². The molecule has 0 amide bonds. The number of hydrogen-bond acceptors (Lipinski definition) is 3. The molecule has 0 spiro atoms. The van der Waals surface area contributed by atoms with Crippen molar-refractivity contribution in [2.75, 3.05) is 19.8 Å². The first kappa shape index (κ1) is 20.7. The molecule has 0 aromatic heterocycles. The number of carbonyl (C=O) groups excluding carboxylic acids is 1. The molecule has 0 N–H and O–H groups in total. The van der Waals surface area contributed by atoms with Crippen molar-refractivity contribution < 1.29 is 14.3 Å². The Labute approximate surface area is 147 Å². The SMILES string of the molecule is CCCc1cc(CCC)cc(C(=O)OCCOCCCC(C)C)c1. The zero-order valence-corrected chi connectivity index (χ0v) is 15.9. The van der Waals surface area contributed by atoms with Gasteiger partial charge in [0.05, 0.1) is 12.2 Å². The zero-order valence-electron chi connectivity index (χ0n) is 15.9. The van der Waals surface area contributed by atoms with Crippen molar-refractivity contribution in [1.29, 1.82) is 0 Å². The van der Waals surface area contributed by atoms with E-state index in [1.54, 1.807) is 0 Å². The molecule has 0 atom stereocenters. The molecule has 1 aromatic carbocycles. The normalized spacial score (nSPS) is 11.0. The third-order valence-corrected chi connectivity index (χ3v) is 3.90. The van der Waals surface area contributed by atoms with E-state index in [0.717, 1.165) is 38.7 Å².